The zero-order chi connectivity index (χ0) is 7.56. The van der Waals surface area contributed by atoms with E-state index in [1.165, 1.54) is 4.90 Å². The highest BCUT2D eigenvalue weighted by Gasteiger charge is 2.19. The molecule has 1 amide bonds. The standard InChI is InChI=1S/C6H11FN2O/c7-6(10)9-3-1-5(8)2-4-9/h5H,1-4,8H2. The van der Waals surface area contributed by atoms with Crippen LogP contribution in [-0.2, 0) is 0 Å². The van der Waals surface area contributed by atoms with Gasteiger partial charge in [-0.25, -0.2) is 4.79 Å². The van der Waals surface area contributed by atoms with Crippen molar-refractivity contribution in [2.24, 2.45) is 5.73 Å². The third-order valence-electron chi connectivity index (χ3n) is 1.79. The Kier molecular flexibility index (Phi) is 2.21. The van der Waals surface area contributed by atoms with Crippen LogP contribution in [-0.4, -0.2) is 30.2 Å². The van der Waals surface area contributed by atoms with E-state index in [0.717, 1.165) is 12.8 Å². The fourth-order valence-electron chi connectivity index (χ4n) is 1.08. The Hall–Kier alpha value is -0.640. The van der Waals surface area contributed by atoms with E-state index >= 15 is 0 Å². The number of likely N-dealkylation sites (tertiary alicyclic amines) is 1. The molecule has 0 aromatic carbocycles. The number of nitrogens with two attached hydrogens (primary N) is 1. The Labute approximate surface area is 59.0 Å². The smallest absolute Gasteiger partial charge is 0.328 e. The lowest BCUT2D eigenvalue weighted by molar-refractivity contribution is 0.160. The summed E-state index contributed by atoms with van der Waals surface area (Å²) in [6, 6.07) is 0.149. The molecule has 2 N–H and O–H groups in total. The van der Waals surface area contributed by atoms with Crippen LogP contribution in [0.15, 0.2) is 0 Å². The summed E-state index contributed by atoms with van der Waals surface area (Å²) in [5, 5.41) is 0. The molecule has 0 atom stereocenters. The SMILES string of the molecule is NC1CCN(C(=O)F)CC1. The molecular formula is C6H11FN2O. The molecule has 1 saturated heterocycles. The van der Waals surface area contributed by atoms with Gasteiger partial charge in [-0.05, 0) is 12.8 Å². The summed E-state index contributed by atoms with van der Waals surface area (Å²) in [6.45, 7) is 0.938. The summed E-state index contributed by atoms with van der Waals surface area (Å²) in [5.41, 5.74) is 5.54. The molecular weight excluding hydrogens is 135 g/mol. The van der Waals surface area contributed by atoms with Crippen LogP contribution >= 0.6 is 0 Å². The van der Waals surface area contributed by atoms with E-state index in [-0.39, 0.29) is 6.04 Å². The van der Waals surface area contributed by atoms with Crippen molar-refractivity contribution in [1.82, 2.24) is 4.90 Å². The molecule has 0 bridgehead atoms. The van der Waals surface area contributed by atoms with Gasteiger partial charge in [-0.2, -0.15) is 0 Å². The van der Waals surface area contributed by atoms with Gasteiger partial charge in [-0.1, -0.05) is 0 Å². The van der Waals surface area contributed by atoms with Crippen molar-refractivity contribution >= 4 is 6.16 Å². The van der Waals surface area contributed by atoms with E-state index in [2.05, 4.69) is 0 Å². The van der Waals surface area contributed by atoms with E-state index < -0.39 is 6.16 Å². The Morgan fingerprint density at radius 1 is 1.50 bits per heavy atom. The molecule has 1 heterocycles. The van der Waals surface area contributed by atoms with Crippen LogP contribution in [0.5, 0.6) is 0 Å². The van der Waals surface area contributed by atoms with Crippen molar-refractivity contribution in [3.63, 3.8) is 0 Å². The first-order valence-corrected chi connectivity index (χ1v) is 3.40. The summed E-state index contributed by atoms with van der Waals surface area (Å²) >= 11 is 0. The van der Waals surface area contributed by atoms with Gasteiger partial charge < -0.3 is 10.6 Å². The predicted molar refractivity (Wildman–Crippen MR) is 35.3 cm³/mol. The normalized spacial score (nSPS) is 21.2. The molecule has 0 unspecified atom stereocenters. The van der Waals surface area contributed by atoms with Crippen molar-refractivity contribution in [2.45, 2.75) is 18.9 Å². The fraction of sp³-hybridized carbons (Fsp3) is 0.833. The maximum atomic E-state index is 12.0. The topological polar surface area (TPSA) is 46.3 Å². The number of piperidine rings is 1. The lowest BCUT2D eigenvalue weighted by Crippen LogP contribution is -2.40. The van der Waals surface area contributed by atoms with E-state index in [0.29, 0.717) is 13.1 Å². The number of rotatable bonds is 0. The number of hydrogen-bond donors (Lipinski definition) is 1. The molecule has 0 spiro atoms. The Bertz CT molecular complexity index is 132. The minimum absolute atomic E-state index is 0.149. The van der Waals surface area contributed by atoms with E-state index in [9.17, 15) is 9.18 Å². The molecule has 3 nitrogen and oxygen atoms in total. The molecule has 1 aliphatic rings. The number of amides is 1. The first-order valence-electron chi connectivity index (χ1n) is 3.40. The number of carbonyl (C=O) groups is 1. The molecule has 0 saturated carbocycles. The summed E-state index contributed by atoms with van der Waals surface area (Å²) < 4.78 is 12.0. The van der Waals surface area contributed by atoms with Gasteiger partial charge in [-0.3, -0.25) is 0 Å². The quantitative estimate of drug-likeness (QED) is 0.399. The summed E-state index contributed by atoms with van der Waals surface area (Å²) in [7, 11) is 0. The summed E-state index contributed by atoms with van der Waals surface area (Å²) in [6.07, 6.45) is 0.109. The number of carbonyl (C=O) groups excluding carboxylic acids is 1. The highest BCUT2D eigenvalue weighted by atomic mass is 19.1. The molecule has 0 aromatic rings. The number of hydrogen-bond acceptors (Lipinski definition) is 2. The van der Waals surface area contributed by atoms with Crippen molar-refractivity contribution in [2.75, 3.05) is 13.1 Å². The number of nitrogens with zero attached hydrogens (tertiary/aromatic N) is 1. The second-order valence-electron chi connectivity index (χ2n) is 2.58. The van der Waals surface area contributed by atoms with Gasteiger partial charge in [0.25, 0.3) is 0 Å². The van der Waals surface area contributed by atoms with Gasteiger partial charge in [0.05, 0.1) is 0 Å². The van der Waals surface area contributed by atoms with Gasteiger partial charge in [0.2, 0.25) is 0 Å². The summed E-state index contributed by atoms with van der Waals surface area (Å²) in [5.74, 6) is 0. The monoisotopic (exact) mass is 146 g/mol. The van der Waals surface area contributed by atoms with Gasteiger partial charge in [0, 0.05) is 19.1 Å². The van der Waals surface area contributed by atoms with Gasteiger partial charge in [0.15, 0.2) is 0 Å². The van der Waals surface area contributed by atoms with Crippen LogP contribution in [0.2, 0.25) is 0 Å². The maximum Gasteiger partial charge on any atom is 0.400 e. The molecule has 1 aliphatic heterocycles. The first kappa shape index (κ1) is 7.47. The second kappa shape index (κ2) is 2.96. The van der Waals surface area contributed by atoms with Gasteiger partial charge in [0.1, 0.15) is 0 Å². The predicted octanol–water partition coefficient (Wildman–Crippen LogP) is 0.499. The molecule has 0 aliphatic carbocycles. The average molecular weight is 146 g/mol. The van der Waals surface area contributed by atoms with Crippen LogP contribution in [0, 0.1) is 0 Å². The first-order chi connectivity index (χ1) is 4.70. The summed E-state index contributed by atoms with van der Waals surface area (Å²) in [4.78, 5) is 11.3. The van der Waals surface area contributed by atoms with Gasteiger partial charge >= 0.3 is 6.16 Å². The van der Waals surface area contributed by atoms with Crippen LogP contribution in [0.3, 0.4) is 0 Å². The van der Waals surface area contributed by atoms with Crippen molar-refractivity contribution in [3.05, 3.63) is 0 Å². The highest BCUT2D eigenvalue weighted by Crippen LogP contribution is 2.08. The maximum absolute atomic E-state index is 12.0. The van der Waals surface area contributed by atoms with Crippen LogP contribution in [0.1, 0.15) is 12.8 Å². The lowest BCUT2D eigenvalue weighted by Gasteiger charge is -2.27. The number of halogens is 1. The second-order valence-corrected chi connectivity index (χ2v) is 2.58. The Morgan fingerprint density at radius 2 is 2.00 bits per heavy atom. The highest BCUT2D eigenvalue weighted by molar-refractivity contribution is 5.66. The molecule has 10 heavy (non-hydrogen) atoms. The molecule has 1 rings (SSSR count). The third kappa shape index (κ3) is 1.67. The molecule has 4 heteroatoms. The van der Waals surface area contributed by atoms with Crippen molar-refractivity contribution < 1.29 is 9.18 Å². The zero-order valence-electron chi connectivity index (χ0n) is 5.72. The van der Waals surface area contributed by atoms with Crippen LogP contribution in [0.4, 0.5) is 9.18 Å². The third-order valence-corrected chi connectivity index (χ3v) is 1.79. The van der Waals surface area contributed by atoms with Crippen molar-refractivity contribution in [1.29, 1.82) is 0 Å². The van der Waals surface area contributed by atoms with E-state index in [1.807, 2.05) is 0 Å². The minimum Gasteiger partial charge on any atom is -0.328 e. The van der Waals surface area contributed by atoms with E-state index in [1.54, 1.807) is 0 Å². The zero-order valence-corrected chi connectivity index (χ0v) is 5.72. The fourth-order valence-corrected chi connectivity index (χ4v) is 1.08. The van der Waals surface area contributed by atoms with E-state index in [4.69, 9.17) is 5.73 Å². The van der Waals surface area contributed by atoms with Crippen LogP contribution in [0.25, 0.3) is 0 Å². The minimum atomic E-state index is -1.33. The molecule has 58 valence electrons. The average Bonchev–Trinajstić information content (AvgIpc) is 1.88. The van der Waals surface area contributed by atoms with Crippen LogP contribution < -0.4 is 5.73 Å². The Morgan fingerprint density at radius 3 is 2.40 bits per heavy atom. The largest absolute Gasteiger partial charge is 0.400 e. The molecule has 0 aromatic heterocycles. The van der Waals surface area contributed by atoms with Crippen molar-refractivity contribution in [3.8, 4) is 0 Å². The molecule has 1 fully saturated rings. The van der Waals surface area contributed by atoms with Gasteiger partial charge in [-0.15, -0.1) is 4.39 Å². The molecule has 0 radical (unpaired) electrons. The Balaban J connectivity index is 2.33. The lowest BCUT2D eigenvalue weighted by atomic mass is 10.1.